The van der Waals surface area contributed by atoms with Crippen molar-refractivity contribution in [2.24, 2.45) is 0 Å². The Labute approximate surface area is 471 Å². The lowest BCUT2D eigenvalue weighted by Crippen LogP contribution is -2.38. The zero-order chi connectivity index (χ0) is 57.5. The summed E-state index contributed by atoms with van der Waals surface area (Å²) in [5.41, 5.74) is 0. The summed E-state index contributed by atoms with van der Waals surface area (Å²) in [6.07, 6.45) is 19.3. The molecule has 0 bridgehead atoms. The first-order valence-corrected chi connectivity index (χ1v) is 29.4. The molecule has 0 saturated carbocycles. The summed E-state index contributed by atoms with van der Waals surface area (Å²) in [4.78, 5) is 10.7. The van der Waals surface area contributed by atoms with Gasteiger partial charge in [-0.05, 0) is 93.9 Å². The third kappa shape index (κ3) is 18.9. The minimum atomic E-state index is -0.669. The molecule has 0 aromatic heterocycles. The molecule has 0 aromatic carbocycles. The molecule has 0 radical (unpaired) electrons. The normalized spacial score (nSPS) is 38.0. The van der Waals surface area contributed by atoms with Crippen molar-refractivity contribution in [3.05, 3.63) is 25.3 Å². The van der Waals surface area contributed by atoms with Crippen molar-refractivity contribution in [2.75, 3.05) is 35.0 Å². The quantitative estimate of drug-likeness (QED) is 0.0326. The molecule has 9 heterocycles. The zero-order valence-electron chi connectivity index (χ0n) is 49.8. The van der Waals surface area contributed by atoms with Crippen LogP contribution in [0, 0.1) is 0 Å². The highest BCUT2D eigenvalue weighted by Crippen LogP contribution is 2.44. The van der Waals surface area contributed by atoms with E-state index in [0.29, 0.717) is 0 Å². The van der Waals surface area contributed by atoms with Crippen LogP contribution in [0.15, 0.2) is 25.3 Å². The highest BCUT2D eigenvalue weighted by atomic mass is 16.8. The van der Waals surface area contributed by atoms with Crippen LogP contribution in [-0.4, -0.2) is 191 Å². The van der Waals surface area contributed by atoms with Crippen LogP contribution in [-0.2, 0) is 85.3 Å². The largest absolute Gasteiger partial charge is 0.390 e. The fourth-order valence-corrected chi connectivity index (χ4v) is 11.8. The molecule has 9 fully saturated rings. The maximum absolute atomic E-state index is 10.7. The van der Waals surface area contributed by atoms with E-state index in [9.17, 15) is 15.0 Å². The van der Waals surface area contributed by atoms with Gasteiger partial charge in [-0.25, -0.2) is 0 Å². The summed E-state index contributed by atoms with van der Waals surface area (Å²) in [5.74, 6) is -2.53. The summed E-state index contributed by atoms with van der Waals surface area (Å²) in [5, 5.41) is 21.1. The Bertz CT molecular complexity index is 1720. The maximum atomic E-state index is 10.7. The van der Waals surface area contributed by atoms with Crippen LogP contribution in [0.4, 0.5) is 0 Å². The van der Waals surface area contributed by atoms with Crippen molar-refractivity contribution >= 4 is 6.29 Å². The molecule has 458 valence electrons. The number of aliphatic hydroxyl groups is 2. The van der Waals surface area contributed by atoms with Crippen molar-refractivity contribution in [2.45, 2.75) is 311 Å². The molecule has 0 amide bonds. The fraction of sp³-hybridized carbons (Fsp3) is 0.915. The number of carbonyl (C=O) groups excluding carboxylic acids is 1. The molecule has 9 aliphatic rings. The Balaban J connectivity index is 0.000000175. The van der Waals surface area contributed by atoms with E-state index in [0.717, 1.165) is 64.3 Å². The molecule has 2 N–H and O–H groups in total. The van der Waals surface area contributed by atoms with Gasteiger partial charge in [-0.1, -0.05) is 89.2 Å². The number of methoxy groups -OCH3 is 4. The van der Waals surface area contributed by atoms with E-state index in [1.165, 1.54) is 71.3 Å². The molecule has 0 aliphatic carbocycles. The SMILES string of the molecule is C=CCCCCCCCCC[C@@H](O)C1OC(OC)C2OC(C)(C)OC21.C=CCCCCCCCCC[C@H](O)C1OC(OC)C2OC(C)(C)OC21.COC1OC(C=O)C2OC(C)(C)OC12.COC1OC([C@H]2CO2)C2OC(C)(C)OC12. The molecule has 19 atom stereocenters. The minimum absolute atomic E-state index is 0.0540. The van der Waals surface area contributed by atoms with Crippen LogP contribution in [0.1, 0.15) is 171 Å². The van der Waals surface area contributed by atoms with Gasteiger partial charge in [0.15, 0.2) is 54.6 Å². The van der Waals surface area contributed by atoms with Gasteiger partial charge in [0.25, 0.3) is 0 Å². The summed E-state index contributed by atoms with van der Waals surface area (Å²) >= 11 is 0. The highest BCUT2D eigenvalue weighted by molar-refractivity contribution is 5.58. The zero-order valence-corrected chi connectivity index (χ0v) is 49.8. The number of aliphatic hydroxyl groups excluding tert-OH is 2. The Morgan fingerprint density at radius 1 is 0.430 bits per heavy atom. The van der Waals surface area contributed by atoms with Crippen LogP contribution < -0.4 is 0 Å². The van der Waals surface area contributed by atoms with Crippen LogP contribution in [0.3, 0.4) is 0 Å². The molecule has 9 rings (SSSR count). The number of hydrogen-bond acceptors (Lipinski definition) is 20. The molecule has 20 nitrogen and oxygen atoms in total. The number of unbranched alkanes of at least 4 members (excludes halogenated alkanes) is 14. The van der Waals surface area contributed by atoms with Crippen molar-refractivity contribution in [1.82, 2.24) is 0 Å². The van der Waals surface area contributed by atoms with Gasteiger partial charge in [-0.2, -0.15) is 0 Å². The van der Waals surface area contributed by atoms with E-state index < -0.39 is 60.3 Å². The molecule has 20 heteroatoms. The molecule has 79 heavy (non-hydrogen) atoms. The maximum Gasteiger partial charge on any atom is 0.187 e. The highest BCUT2D eigenvalue weighted by Gasteiger charge is 2.61. The summed E-state index contributed by atoms with van der Waals surface area (Å²) in [7, 11) is 6.33. The van der Waals surface area contributed by atoms with Gasteiger partial charge in [0, 0.05) is 28.4 Å². The minimum Gasteiger partial charge on any atom is -0.390 e. The average molecular weight is 1130 g/mol. The van der Waals surface area contributed by atoms with Gasteiger partial charge < -0.3 is 95.5 Å². The van der Waals surface area contributed by atoms with Crippen molar-refractivity contribution in [3.63, 3.8) is 0 Å². The van der Waals surface area contributed by atoms with E-state index in [1.54, 1.807) is 35.2 Å². The topological polar surface area (TPSA) is 218 Å². The van der Waals surface area contributed by atoms with Gasteiger partial charge in [0.05, 0.1) is 18.8 Å². The smallest absolute Gasteiger partial charge is 0.187 e. The van der Waals surface area contributed by atoms with E-state index in [-0.39, 0.29) is 79.5 Å². The predicted molar refractivity (Wildman–Crippen MR) is 289 cm³/mol. The number of ether oxygens (including phenoxy) is 17. The second-order valence-electron chi connectivity index (χ2n) is 23.9. The van der Waals surface area contributed by atoms with Gasteiger partial charge in [-0.15, -0.1) is 13.2 Å². The fourth-order valence-electron chi connectivity index (χ4n) is 11.8. The number of fused-ring (bicyclic) bond motifs is 4. The second-order valence-corrected chi connectivity index (χ2v) is 23.9. The number of aldehydes is 1. The van der Waals surface area contributed by atoms with E-state index in [4.69, 9.17) is 80.5 Å². The predicted octanol–water partition coefficient (Wildman–Crippen LogP) is 8.22. The van der Waals surface area contributed by atoms with E-state index >= 15 is 0 Å². The van der Waals surface area contributed by atoms with Crippen molar-refractivity contribution < 1.29 is 95.5 Å². The first-order chi connectivity index (χ1) is 37.6. The van der Waals surface area contributed by atoms with Gasteiger partial charge in [-0.3, -0.25) is 0 Å². The van der Waals surface area contributed by atoms with E-state index in [2.05, 4.69) is 13.2 Å². The second kappa shape index (κ2) is 31.0. The molecular weight excluding hydrogens is 1030 g/mol. The Morgan fingerprint density at radius 2 is 0.734 bits per heavy atom. The molecule has 0 aromatic rings. The number of hydrogen-bond donors (Lipinski definition) is 2. The van der Waals surface area contributed by atoms with E-state index in [1.807, 2.05) is 53.7 Å². The summed E-state index contributed by atoms with van der Waals surface area (Å²) < 4.78 is 95.2. The van der Waals surface area contributed by atoms with Crippen LogP contribution >= 0.6 is 0 Å². The summed E-state index contributed by atoms with van der Waals surface area (Å²) in [6.45, 7) is 23.2. The number of rotatable bonds is 28. The van der Waals surface area contributed by atoms with Gasteiger partial charge in [0.1, 0.15) is 79.4 Å². The number of allylic oxidation sites excluding steroid dienone is 2. The third-order valence-electron chi connectivity index (χ3n) is 15.6. The van der Waals surface area contributed by atoms with Crippen LogP contribution in [0.25, 0.3) is 0 Å². The first kappa shape index (κ1) is 66.5. The Kier molecular flexibility index (Phi) is 26.1. The Hall–Kier alpha value is -1.61. The molecule has 9 saturated heterocycles. The van der Waals surface area contributed by atoms with Gasteiger partial charge in [0.2, 0.25) is 0 Å². The number of carbonyl (C=O) groups is 1. The third-order valence-corrected chi connectivity index (χ3v) is 15.6. The summed E-state index contributed by atoms with van der Waals surface area (Å²) in [6, 6.07) is 0. The van der Waals surface area contributed by atoms with Crippen molar-refractivity contribution in [1.29, 1.82) is 0 Å². The Morgan fingerprint density at radius 3 is 1.10 bits per heavy atom. The molecular formula is C59H102O20. The van der Waals surface area contributed by atoms with Gasteiger partial charge >= 0.3 is 0 Å². The average Bonchev–Trinajstić information content (AvgIpc) is 4.17. The van der Waals surface area contributed by atoms with Crippen LogP contribution in [0.2, 0.25) is 0 Å². The lowest BCUT2D eigenvalue weighted by molar-refractivity contribution is -0.237. The number of epoxide rings is 1. The standard InChI is InChI=1S/2C20H36O5.C10H16O5.C9H14O5/c2*1-5-6-7-8-9-10-11-12-13-14-15(21)16-17-18(19(22-4)23-16)25-20(2,3)24-17;1-10(2)14-7-6(5-4-12-5)13-9(11-3)8(7)15-10;1-9(2)13-6-5(4-10)12-8(11-3)7(6)14-9/h2*5,15-19,21H,1,6-14H2,2-4H3;5-9H,4H2,1-3H3;4-8H,1-3H3/t2*15-,16?,17?,18?,19?;5-,6?,7?,8?,9?;/m101./s1. The monoisotopic (exact) mass is 1130 g/mol. The van der Waals surface area contributed by atoms with Crippen molar-refractivity contribution in [3.8, 4) is 0 Å². The first-order valence-electron chi connectivity index (χ1n) is 29.4. The lowest BCUT2D eigenvalue weighted by atomic mass is 10.00. The molecule has 9 aliphatic heterocycles. The molecule has 0 spiro atoms. The molecule has 16 unspecified atom stereocenters. The lowest BCUT2D eigenvalue weighted by Gasteiger charge is -2.26. The van der Waals surface area contributed by atoms with Crippen LogP contribution in [0.5, 0.6) is 0 Å².